The van der Waals surface area contributed by atoms with E-state index >= 15 is 0 Å². The molecule has 3 rings (SSSR count). The second-order valence-corrected chi connectivity index (χ2v) is 6.47. The normalized spacial score (nSPS) is 16.8. The Balaban J connectivity index is 1.84. The fourth-order valence-electron chi connectivity index (χ4n) is 3.09. The number of carboxylic acid groups (broad SMARTS) is 1. The number of rotatable bonds is 5. The molecule has 1 heterocycles. The van der Waals surface area contributed by atoms with Gasteiger partial charge in [0.15, 0.2) is 0 Å². The highest BCUT2D eigenvalue weighted by molar-refractivity contribution is 6.04. The highest BCUT2D eigenvalue weighted by Gasteiger charge is 2.30. The van der Waals surface area contributed by atoms with Crippen molar-refractivity contribution in [1.29, 1.82) is 0 Å². The average Bonchev–Trinajstić information content (AvgIpc) is 2.61. The third-order valence-electron chi connectivity index (χ3n) is 4.41. The van der Waals surface area contributed by atoms with Crippen LogP contribution in [0.3, 0.4) is 0 Å². The van der Waals surface area contributed by atoms with Crippen LogP contribution < -0.4 is 5.32 Å². The van der Waals surface area contributed by atoms with E-state index in [0.29, 0.717) is 12.0 Å². The Labute approximate surface area is 155 Å². The topological polar surface area (TPSA) is 113 Å². The van der Waals surface area contributed by atoms with Crippen LogP contribution in [0.15, 0.2) is 42.5 Å². The highest BCUT2D eigenvalue weighted by Crippen LogP contribution is 2.31. The Hall–Kier alpha value is -3.35. The summed E-state index contributed by atoms with van der Waals surface area (Å²) in [6.45, 7) is 1.74. The Bertz CT molecular complexity index is 893. The molecule has 1 aliphatic heterocycles. The average molecular weight is 369 g/mol. The molecule has 0 aliphatic carbocycles. The number of nitrogens with one attached hydrogen (secondary N) is 1. The van der Waals surface area contributed by atoms with Gasteiger partial charge in [0.05, 0.1) is 5.56 Å². The lowest BCUT2D eigenvalue weighted by molar-refractivity contribution is -0.139. The first kappa shape index (κ1) is 18.4. The minimum atomic E-state index is -1.20. The van der Waals surface area contributed by atoms with E-state index in [1.54, 1.807) is 37.3 Å². The van der Waals surface area contributed by atoms with Crippen LogP contribution in [-0.2, 0) is 22.4 Å². The predicted octanol–water partition coefficient (Wildman–Crippen LogP) is 1.92. The van der Waals surface area contributed by atoms with Gasteiger partial charge in [-0.2, -0.15) is 0 Å². The Kier molecular flexibility index (Phi) is 5.12. The predicted molar refractivity (Wildman–Crippen MR) is 95.7 cm³/mol. The SMILES string of the molecule is C[C@H]1Cc2ccc(C(=O)N[C@@H](Cc3ccccc3)C(=O)O)c(O)c2C(=O)O1. The molecule has 0 spiro atoms. The van der Waals surface area contributed by atoms with E-state index < -0.39 is 29.6 Å². The zero-order valence-corrected chi connectivity index (χ0v) is 14.6. The summed E-state index contributed by atoms with van der Waals surface area (Å²) in [4.78, 5) is 36.1. The van der Waals surface area contributed by atoms with E-state index in [9.17, 15) is 24.6 Å². The maximum absolute atomic E-state index is 12.5. The van der Waals surface area contributed by atoms with Crippen molar-refractivity contribution >= 4 is 17.8 Å². The number of phenolic OH excluding ortho intramolecular Hbond substituents is 1. The third kappa shape index (κ3) is 3.92. The molecule has 0 saturated carbocycles. The maximum Gasteiger partial charge on any atom is 0.342 e. The van der Waals surface area contributed by atoms with Crippen LogP contribution in [0.25, 0.3) is 0 Å². The molecule has 1 aliphatic rings. The fourth-order valence-corrected chi connectivity index (χ4v) is 3.09. The van der Waals surface area contributed by atoms with E-state index in [-0.39, 0.29) is 23.7 Å². The van der Waals surface area contributed by atoms with Crippen LogP contribution >= 0.6 is 0 Å². The first-order chi connectivity index (χ1) is 12.9. The molecule has 0 saturated heterocycles. The number of ether oxygens (including phenoxy) is 1. The van der Waals surface area contributed by atoms with E-state index in [2.05, 4.69) is 5.32 Å². The molecule has 0 radical (unpaired) electrons. The summed E-state index contributed by atoms with van der Waals surface area (Å²) in [6, 6.07) is 10.7. The van der Waals surface area contributed by atoms with Crippen molar-refractivity contribution in [1.82, 2.24) is 5.32 Å². The van der Waals surface area contributed by atoms with Crippen molar-refractivity contribution in [2.24, 2.45) is 0 Å². The molecule has 0 fully saturated rings. The van der Waals surface area contributed by atoms with Gasteiger partial charge in [0.1, 0.15) is 23.5 Å². The number of amides is 1. The summed E-state index contributed by atoms with van der Waals surface area (Å²) in [7, 11) is 0. The van der Waals surface area contributed by atoms with Crippen molar-refractivity contribution in [3.63, 3.8) is 0 Å². The number of aromatic hydroxyl groups is 1. The van der Waals surface area contributed by atoms with E-state index in [1.807, 2.05) is 6.07 Å². The van der Waals surface area contributed by atoms with Gasteiger partial charge in [0.25, 0.3) is 5.91 Å². The second kappa shape index (κ2) is 7.49. The number of hydrogen-bond donors (Lipinski definition) is 3. The summed E-state index contributed by atoms with van der Waals surface area (Å²) in [5, 5.41) is 22.2. The molecule has 0 aromatic heterocycles. The third-order valence-corrected chi connectivity index (χ3v) is 4.41. The van der Waals surface area contributed by atoms with Crippen molar-refractivity contribution < 1.29 is 29.3 Å². The maximum atomic E-state index is 12.5. The largest absolute Gasteiger partial charge is 0.506 e. The van der Waals surface area contributed by atoms with Crippen LogP contribution in [-0.4, -0.2) is 40.2 Å². The minimum Gasteiger partial charge on any atom is -0.506 e. The van der Waals surface area contributed by atoms with E-state index in [1.165, 1.54) is 6.07 Å². The molecule has 2 aromatic rings. The van der Waals surface area contributed by atoms with E-state index in [4.69, 9.17) is 4.74 Å². The van der Waals surface area contributed by atoms with Crippen LogP contribution in [0.2, 0.25) is 0 Å². The Morgan fingerprint density at radius 2 is 1.93 bits per heavy atom. The van der Waals surface area contributed by atoms with Gasteiger partial charge in [0, 0.05) is 12.8 Å². The molecule has 2 atom stereocenters. The Morgan fingerprint density at radius 3 is 2.59 bits per heavy atom. The molecule has 7 nitrogen and oxygen atoms in total. The summed E-state index contributed by atoms with van der Waals surface area (Å²) < 4.78 is 5.10. The number of benzene rings is 2. The van der Waals surface area contributed by atoms with Gasteiger partial charge in [-0.3, -0.25) is 4.79 Å². The lowest BCUT2D eigenvalue weighted by Gasteiger charge is -2.23. The molecular formula is C20H19NO6. The van der Waals surface area contributed by atoms with E-state index in [0.717, 1.165) is 5.56 Å². The zero-order chi connectivity index (χ0) is 19.6. The number of phenols is 1. The molecular weight excluding hydrogens is 350 g/mol. The number of carbonyl (C=O) groups excluding carboxylic acids is 2. The summed E-state index contributed by atoms with van der Waals surface area (Å²) >= 11 is 0. The summed E-state index contributed by atoms with van der Waals surface area (Å²) in [5.74, 6) is -3.16. The molecule has 0 unspecified atom stereocenters. The molecule has 7 heteroatoms. The van der Waals surface area contributed by atoms with Gasteiger partial charge in [-0.25, -0.2) is 9.59 Å². The van der Waals surface area contributed by atoms with Gasteiger partial charge in [0.2, 0.25) is 0 Å². The number of esters is 1. The van der Waals surface area contributed by atoms with Crippen LogP contribution in [0.5, 0.6) is 5.75 Å². The standard InChI is InChI=1S/C20H19NO6/c1-11-9-13-7-8-14(17(22)16(13)20(26)27-11)18(23)21-15(19(24)25)10-12-5-3-2-4-6-12/h2-8,11,15,22H,9-10H2,1H3,(H,21,23)(H,24,25)/t11-,15-/m0/s1. The first-order valence-electron chi connectivity index (χ1n) is 8.50. The quantitative estimate of drug-likeness (QED) is 0.694. The van der Waals surface area contributed by atoms with Crippen molar-refractivity contribution in [3.05, 3.63) is 64.7 Å². The second-order valence-electron chi connectivity index (χ2n) is 6.47. The van der Waals surface area contributed by atoms with Crippen molar-refractivity contribution in [3.8, 4) is 5.75 Å². The van der Waals surface area contributed by atoms with Gasteiger partial charge in [-0.05, 0) is 24.1 Å². The number of carboxylic acids is 1. The van der Waals surface area contributed by atoms with Gasteiger partial charge >= 0.3 is 11.9 Å². The molecule has 3 N–H and O–H groups in total. The number of hydrogen-bond acceptors (Lipinski definition) is 5. The van der Waals surface area contributed by atoms with Crippen molar-refractivity contribution in [2.75, 3.05) is 0 Å². The van der Waals surface area contributed by atoms with Crippen LogP contribution in [0.4, 0.5) is 0 Å². The number of carbonyl (C=O) groups is 3. The monoisotopic (exact) mass is 369 g/mol. The van der Waals surface area contributed by atoms with Crippen LogP contribution in [0.1, 0.15) is 38.8 Å². The van der Waals surface area contributed by atoms with Gasteiger partial charge < -0.3 is 20.3 Å². The van der Waals surface area contributed by atoms with Gasteiger partial charge in [-0.15, -0.1) is 0 Å². The molecule has 0 bridgehead atoms. The fraction of sp³-hybridized carbons (Fsp3) is 0.250. The molecule has 1 amide bonds. The van der Waals surface area contributed by atoms with Crippen LogP contribution in [0, 0.1) is 0 Å². The number of fused-ring (bicyclic) bond motifs is 1. The first-order valence-corrected chi connectivity index (χ1v) is 8.50. The lowest BCUT2D eigenvalue weighted by atomic mass is 9.95. The summed E-state index contributed by atoms with van der Waals surface area (Å²) in [5.41, 5.74) is 1.12. The molecule has 2 aromatic carbocycles. The number of aliphatic carboxylic acids is 1. The van der Waals surface area contributed by atoms with Crippen molar-refractivity contribution in [2.45, 2.75) is 31.9 Å². The molecule has 27 heavy (non-hydrogen) atoms. The minimum absolute atomic E-state index is 0.0457. The summed E-state index contributed by atoms with van der Waals surface area (Å²) in [6.07, 6.45) is 0.210. The zero-order valence-electron chi connectivity index (χ0n) is 14.6. The van der Waals surface area contributed by atoms with Gasteiger partial charge in [-0.1, -0.05) is 36.4 Å². The highest BCUT2D eigenvalue weighted by atomic mass is 16.5. The lowest BCUT2D eigenvalue weighted by Crippen LogP contribution is -2.42. The molecule has 140 valence electrons. The Morgan fingerprint density at radius 1 is 1.22 bits per heavy atom. The smallest absolute Gasteiger partial charge is 0.342 e. The number of cyclic esters (lactones) is 1.